The largest absolute Gasteiger partial charge is 0.496 e. The number of halogens is 1. The Labute approximate surface area is 139 Å². The van der Waals surface area contributed by atoms with Crippen LogP contribution >= 0.6 is 15.9 Å². The fraction of sp³-hybridized carbons (Fsp3) is 0.133. The fourth-order valence-corrected chi connectivity index (χ4v) is 2.15. The second kappa shape index (κ2) is 7.59. The van der Waals surface area contributed by atoms with Crippen LogP contribution in [-0.2, 0) is 16.1 Å². The van der Waals surface area contributed by atoms with E-state index < -0.39 is 16.8 Å². The van der Waals surface area contributed by atoms with E-state index in [4.69, 9.17) is 13.9 Å². The summed E-state index contributed by atoms with van der Waals surface area (Å²) < 4.78 is 16.0. The number of benzene rings is 1. The molecule has 0 aliphatic heterocycles. The molecular weight excluding hydrogens is 370 g/mol. The monoisotopic (exact) mass is 381 g/mol. The standard InChI is InChI=1S/C15H12BrNO6/c1-21-13-5-2-11(16)8-10(13)9-22-15(18)7-4-12-3-6-14(23-12)17(19)20/h2-8H,9H2,1H3/b7-4+. The molecule has 0 saturated carbocycles. The van der Waals surface area contributed by atoms with Gasteiger partial charge in [-0.3, -0.25) is 10.1 Å². The lowest BCUT2D eigenvalue weighted by Gasteiger charge is -2.08. The van der Waals surface area contributed by atoms with Crippen molar-refractivity contribution in [2.75, 3.05) is 7.11 Å². The zero-order valence-electron chi connectivity index (χ0n) is 12.0. The Kier molecular flexibility index (Phi) is 5.53. The highest BCUT2D eigenvalue weighted by molar-refractivity contribution is 9.10. The third-order valence-electron chi connectivity index (χ3n) is 2.79. The molecule has 0 amide bonds. The van der Waals surface area contributed by atoms with Crippen molar-refractivity contribution >= 4 is 33.9 Å². The van der Waals surface area contributed by atoms with Crippen molar-refractivity contribution in [1.82, 2.24) is 0 Å². The van der Waals surface area contributed by atoms with Crippen molar-refractivity contribution in [2.45, 2.75) is 6.61 Å². The number of esters is 1. The Balaban J connectivity index is 1.95. The van der Waals surface area contributed by atoms with Crippen molar-refractivity contribution < 1.29 is 23.6 Å². The first-order chi connectivity index (χ1) is 11.0. The Hall–Kier alpha value is -2.61. The van der Waals surface area contributed by atoms with Crippen LogP contribution in [-0.4, -0.2) is 18.0 Å². The summed E-state index contributed by atoms with van der Waals surface area (Å²) in [6.45, 7) is 0.0318. The maximum atomic E-state index is 11.7. The predicted octanol–water partition coefficient (Wildman–Crippen LogP) is 3.72. The summed E-state index contributed by atoms with van der Waals surface area (Å²) in [5.74, 6) is -0.205. The number of furan rings is 1. The summed E-state index contributed by atoms with van der Waals surface area (Å²) in [7, 11) is 1.53. The second-order valence-corrected chi connectivity index (χ2v) is 5.25. The first-order valence-electron chi connectivity index (χ1n) is 6.41. The molecule has 0 bridgehead atoms. The lowest BCUT2D eigenvalue weighted by Crippen LogP contribution is -2.02. The van der Waals surface area contributed by atoms with E-state index >= 15 is 0 Å². The third-order valence-corrected chi connectivity index (χ3v) is 3.28. The van der Waals surface area contributed by atoms with Crippen molar-refractivity contribution in [2.24, 2.45) is 0 Å². The van der Waals surface area contributed by atoms with Gasteiger partial charge in [0.25, 0.3) is 0 Å². The average Bonchev–Trinajstić information content (AvgIpc) is 3.00. The maximum absolute atomic E-state index is 11.7. The highest BCUT2D eigenvalue weighted by Gasteiger charge is 2.10. The quantitative estimate of drug-likeness (QED) is 0.327. The van der Waals surface area contributed by atoms with Gasteiger partial charge in [-0.05, 0) is 30.3 Å². The van der Waals surface area contributed by atoms with E-state index in [1.54, 1.807) is 12.1 Å². The number of nitrogens with zero attached hydrogens (tertiary/aromatic N) is 1. The smallest absolute Gasteiger partial charge is 0.433 e. The van der Waals surface area contributed by atoms with E-state index in [1.807, 2.05) is 6.07 Å². The van der Waals surface area contributed by atoms with E-state index in [2.05, 4.69) is 15.9 Å². The Bertz CT molecular complexity index is 752. The first kappa shape index (κ1) is 16.8. The number of carbonyl (C=O) groups excluding carboxylic acids is 1. The third kappa shape index (κ3) is 4.68. The normalized spacial score (nSPS) is 10.7. The van der Waals surface area contributed by atoms with Gasteiger partial charge in [-0.1, -0.05) is 15.9 Å². The molecule has 120 valence electrons. The molecule has 2 rings (SSSR count). The molecule has 0 radical (unpaired) electrons. The predicted molar refractivity (Wildman–Crippen MR) is 84.9 cm³/mol. The fourth-order valence-electron chi connectivity index (χ4n) is 1.74. The molecule has 0 unspecified atom stereocenters. The molecule has 1 aromatic heterocycles. The molecule has 0 spiro atoms. The topological polar surface area (TPSA) is 91.8 Å². The molecule has 0 aliphatic carbocycles. The summed E-state index contributed by atoms with van der Waals surface area (Å²) in [4.78, 5) is 21.5. The van der Waals surface area contributed by atoms with Crippen LogP contribution in [0.2, 0.25) is 0 Å². The summed E-state index contributed by atoms with van der Waals surface area (Å²) in [6, 6.07) is 7.95. The maximum Gasteiger partial charge on any atom is 0.433 e. The van der Waals surface area contributed by atoms with Gasteiger partial charge in [-0.2, -0.15) is 0 Å². The van der Waals surface area contributed by atoms with E-state index in [1.165, 1.54) is 25.3 Å². The van der Waals surface area contributed by atoms with Crippen LogP contribution in [0.1, 0.15) is 11.3 Å². The van der Waals surface area contributed by atoms with Gasteiger partial charge in [-0.25, -0.2) is 4.79 Å². The van der Waals surface area contributed by atoms with E-state index in [0.717, 1.165) is 10.5 Å². The summed E-state index contributed by atoms with van der Waals surface area (Å²) >= 11 is 3.33. The number of hydrogen-bond donors (Lipinski definition) is 0. The second-order valence-electron chi connectivity index (χ2n) is 4.33. The molecule has 1 heterocycles. The molecule has 2 aromatic rings. The van der Waals surface area contributed by atoms with Gasteiger partial charge < -0.3 is 13.9 Å². The van der Waals surface area contributed by atoms with Crippen LogP contribution in [0.3, 0.4) is 0 Å². The van der Waals surface area contributed by atoms with Crippen LogP contribution in [0, 0.1) is 10.1 Å². The molecule has 1 aromatic carbocycles. The highest BCUT2D eigenvalue weighted by Crippen LogP contribution is 2.23. The van der Waals surface area contributed by atoms with Gasteiger partial charge in [0.1, 0.15) is 23.0 Å². The molecule has 23 heavy (non-hydrogen) atoms. The number of nitro groups is 1. The Morgan fingerprint density at radius 1 is 1.39 bits per heavy atom. The van der Waals surface area contributed by atoms with Gasteiger partial charge in [0.05, 0.1) is 13.2 Å². The molecule has 7 nitrogen and oxygen atoms in total. The minimum absolute atomic E-state index is 0.0318. The molecule has 8 heteroatoms. The van der Waals surface area contributed by atoms with Gasteiger partial charge >= 0.3 is 11.9 Å². The van der Waals surface area contributed by atoms with Gasteiger partial charge in [0.15, 0.2) is 0 Å². The van der Waals surface area contributed by atoms with Crippen LogP contribution in [0.5, 0.6) is 5.75 Å². The van der Waals surface area contributed by atoms with Crippen molar-refractivity contribution in [3.05, 3.63) is 62.3 Å². The number of rotatable bonds is 6. The number of ether oxygens (including phenoxy) is 2. The lowest BCUT2D eigenvalue weighted by molar-refractivity contribution is -0.402. The van der Waals surface area contributed by atoms with Gasteiger partial charge in [0.2, 0.25) is 0 Å². The van der Waals surface area contributed by atoms with Gasteiger partial charge in [-0.15, -0.1) is 0 Å². The van der Waals surface area contributed by atoms with E-state index in [9.17, 15) is 14.9 Å². The SMILES string of the molecule is COc1ccc(Br)cc1COC(=O)/C=C/c1ccc([N+](=O)[O-])o1. The summed E-state index contributed by atoms with van der Waals surface area (Å²) in [6.07, 6.45) is 2.43. The zero-order chi connectivity index (χ0) is 16.8. The lowest BCUT2D eigenvalue weighted by atomic mass is 10.2. The van der Waals surface area contributed by atoms with Crippen molar-refractivity contribution in [3.63, 3.8) is 0 Å². The molecule has 0 atom stereocenters. The zero-order valence-corrected chi connectivity index (χ0v) is 13.6. The van der Waals surface area contributed by atoms with E-state index in [0.29, 0.717) is 11.3 Å². The molecule has 0 N–H and O–H groups in total. The Morgan fingerprint density at radius 2 is 2.17 bits per heavy atom. The van der Waals surface area contributed by atoms with Crippen LogP contribution < -0.4 is 4.74 Å². The highest BCUT2D eigenvalue weighted by atomic mass is 79.9. The number of hydrogen-bond acceptors (Lipinski definition) is 6. The average molecular weight is 382 g/mol. The number of methoxy groups -OCH3 is 1. The summed E-state index contributed by atoms with van der Waals surface area (Å²) in [5.41, 5.74) is 0.706. The van der Waals surface area contributed by atoms with Crippen LogP contribution in [0.4, 0.5) is 5.88 Å². The van der Waals surface area contributed by atoms with Crippen molar-refractivity contribution in [1.29, 1.82) is 0 Å². The Morgan fingerprint density at radius 3 is 2.83 bits per heavy atom. The van der Waals surface area contributed by atoms with Gasteiger partial charge in [0, 0.05) is 16.1 Å². The molecule has 0 fully saturated rings. The molecular formula is C15H12BrNO6. The minimum Gasteiger partial charge on any atom is -0.496 e. The van der Waals surface area contributed by atoms with Crippen molar-refractivity contribution in [3.8, 4) is 5.75 Å². The van der Waals surface area contributed by atoms with Crippen LogP contribution in [0.15, 0.2) is 45.3 Å². The number of carbonyl (C=O) groups is 1. The molecule has 0 aliphatic rings. The first-order valence-corrected chi connectivity index (χ1v) is 7.20. The minimum atomic E-state index is -0.658. The summed E-state index contributed by atoms with van der Waals surface area (Å²) in [5, 5.41) is 10.5. The van der Waals surface area contributed by atoms with E-state index in [-0.39, 0.29) is 12.4 Å². The van der Waals surface area contributed by atoms with Crippen LogP contribution in [0.25, 0.3) is 6.08 Å². The molecule has 0 saturated heterocycles.